The molecule has 0 fully saturated rings. The highest BCUT2D eigenvalue weighted by atomic mass is 35.5. The second-order valence-electron chi connectivity index (χ2n) is 6.58. The van der Waals surface area contributed by atoms with Crippen LogP contribution in [0, 0.1) is 0 Å². The number of nitrogens with one attached hydrogen (secondary N) is 1. The number of carbonyl (C=O) groups is 2. The predicted octanol–water partition coefficient (Wildman–Crippen LogP) is 4.00. The average Bonchev–Trinajstić information content (AvgIpc) is 3.06. The van der Waals surface area contributed by atoms with Gasteiger partial charge in [0.1, 0.15) is 0 Å². The number of benzene rings is 2. The first-order valence-corrected chi connectivity index (χ1v) is 11.7. The Hall–Kier alpha value is -2.72. The molecular formula is C21H19ClN2O5S2. The number of sulfonamides is 1. The number of ether oxygens (including phenoxy) is 1. The van der Waals surface area contributed by atoms with E-state index in [1.807, 2.05) is 24.3 Å². The van der Waals surface area contributed by atoms with Crippen LogP contribution in [0.1, 0.15) is 4.88 Å². The molecule has 0 bridgehead atoms. The van der Waals surface area contributed by atoms with E-state index in [1.54, 1.807) is 6.08 Å². The number of amides is 1. The number of hydrogen-bond acceptors (Lipinski definition) is 6. The Balaban J connectivity index is 1.58. The molecule has 3 aromatic rings. The summed E-state index contributed by atoms with van der Waals surface area (Å²) in [5.74, 6) is -1.30. The molecule has 162 valence electrons. The fourth-order valence-electron chi connectivity index (χ4n) is 2.61. The van der Waals surface area contributed by atoms with Crippen LogP contribution < -0.4 is 5.32 Å². The number of carbonyl (C=O) groups excluding carboxylic acids is 2. The van der Waals surface area contributed by atoms with Gasteiger partial charge in [-0.1, -0.05) is 35.9 Å². The number of esters is 1. The normalized spacial score (nSPS) is 11.9. The van der Waals surface area contributed by atoms with E-state index in [0.717, 1.165) is 14.4 Å². The van der Waals surface area contributed by atoms with Crippen LogP contribution in [0.25, 0.3) is 16.2 Å². The lowest BCUT2D eigenvalue weighted by Crippen LogP contribution is -2.23. The van der Waals surface area contributed by atoms with Crippen LogP contribution in [0.4, 0.5) is 5.69 Å². The van der Waals surface area contributed by atoms with E-state index >= 15 is 0 Å². The van der Waals surface area contributed by atoms with Crippen molar-refractivity contribution >= 4 is 66.7 Å². The molecule has 1 amide bonds. The first kappa shape index (κ1) is 23.0. The van der Waals surface area contributed by atoms with Crippen LogP contribution in [-0.4, -0.2) is 45.3 Å². The van der Waals surface area contributed by atoms with Crippen molar-refractivity contribution in [1.82, 2.24) is 4.31 Å². The number of hydrogen-bond donors (Lipinski definition) is 1. The largest absolute Gasteiger partial charge is 0.452 e. The van der Waals surface area contributed by atoms with E-state index in [-0.39, 0.29) is 10.6 Å². The van der Waals surface area contributed by atoms with E-state index in [9.17, 15) is 18.0 Å². The minimum absolute atomic E-state index is 0.0374. The minimum atomic E-state index is -3.63. The number of anilines is 1. The predicted molar refractivity (Wildman–Crippen MR) is 123 cm³/mol. The van der Waals surface area contributed by atoms with E-state index in [0.29, 0.717) is 9.90 Å². The Bertz CT molecular complexity index is 1270. The zero-order chi connectivity index (χ0) is 22.6. The SMILES string of the molecule is CN(C)S(=O)(=O)c1cccc(NC(=O)COC(=O)/C=C/c2sc3ccccc3c2Cl)c1. The highest BCUT2D eigenvalue weighted by molar-refractivity contribution is 7.89. The van der Waals surface area contributed by atoms with Crippen LogP contribution in [0.15, 0.2) is 59.5 Å². The molecular weight excluding hydrogens is 460 g/mol. The molecule has 3 rings (SSSR count). The van der Waals surface area contributed by atoms with Crippen molar-refractivity contribution in [3.63, 3.8) is 0 Å². The molecule has 0 unspecified atom stereocenters. The van der Waals surface area contributed by atoms with Gasteiger partial charge in [-0.05, 0) is 30.3 Å². The van der Waals surface area contributed by atoms with Crippen molar-refractivity contribution in [2.24, 2.45) is 0 Å². The maximum atomic E-state index is 12.2. The summed E-state index contributed by atoms with van der Waals surface area (Å²) in [6.45, 7) is -0.520. The van der Waals surface area contributed by atoms with Gasteiger partial charge in [-0.15, -0.1) is 11.3 Å². The smallest absolute Gasteiger partial charge is 0.331 e. The summed E-state index contributed by atoms with van der Waals surface area (Å²) in [5.41, 5.74) is 0.275. The third-order valence-electron chi connectivity index (χ3n) is 4.17. The van der Waals surface area contributed by atoms with Crippen LogP contribution in [0.2, 0.25) is 5.02 Å². The molecule has 10 heteroatoms. The Labute approximate surface area is 188 Å². The summed E-state index contributed by atoms with van der Waals surface area (Å²) in [4.78, 5) is 24.8. The third-order valence-corrected chi connectivity index (χ3v) is 7.64. The van der Waals surface area contributed by atoms with Crippen molar-refractivity contribution in [3.8, 4) is 0 Å². The van der Waals surface area contributed by atoms with Gasteiger partial charge < -0.3 is 10.1 Å². The molecule has 0 aliphatic carbocycles. The second-order valence-corrected chi connectivity index (χ2v) is 10.2. The molecule has 1 aromatic heterocycles. The van der Waals surface area contributed by atoms with Crippen molar-refractivity contribution in [1.29, 1.82) is 0 Å². The molecule has 1 N–H and O–H groups in total. The van der Waals surface area contributed by atoms with E-state index < -0.39 is 28.5 Å². The van der Waals surface area contributed by atoms with Crippen molar-refractivity contribution in [3.05, 3.63) is 64.5 Å². The lowest BCUT2D eigenvalue weighted by atomic mass is 10.2. The van der Waals surface area contributed by atoms with Gasteiger partial charge in [0.15, 0.2) is 6.61 Å². The minimum Gasteiger partial charge on any atom is -0.452 e. The van der Waals surface area contributed by atoms with Gasteiger partial charge in [-0.2, -0.15) is 0 Å². The van der Waals surface area contributed by atoms with Gasteiger partial charge in [0, 0.05) is 40.8 Å². The molecule has 7 nitrogen and oxygen atoms in total. The van der Waals surface area contributed by atoms with Crippen molar-refractivity contribution in [2.45, 2.75) is 4.90 Å². The van der Waals surface area contributed by atoms with Crippen LogP contribution in [-0.2, 0) is 24.3 Å². The zero-order valence-electron chi connectivity index (χ0n) is 16.7. The van der Waals surface area contributed by atoms with Crippen LogP contribution in [0.3, 0.4) is 0 Å². The first-order valence-electron chi connectivity index (χ1n) is 9.03. The fourth-order valence-corrected chi connectivity index (χ4v) is 4.96. The van der Waals surface area contributed by atoms with Gasteiger partial charge in [0.2, 0.25) is 10.0 Å². The fraction of sp³-hybridized carbons (Fsp3) is 0.143. The monoisotopic (exact) mass is 478 g/mol. The summed E-state index contributed by atoms with van der Waals surface area (Å²) >= 11 is 7.76. The maximum absolute atomic E-state index is 12.2. The lowest BCUT2D eigenvalue weighted by Gasteiger charge is -2.12. The molecule has 1 heterocycles. The molecule has 0 saturated heterocycles. The van der Waals surface area contributed by atoms with E-state index in [1.165, 1.54) is 55.8 Å². The Morgan fingerprint density at radius 1 is 1.16 bits per heavy atom. The van der Waals surface area contributed by atoms with Gasteiger partial charge in [-0.25, -0.2) is 17.5 Å². The number of fused-ring (bicyclic) bond motifs is 1. The second kappa shape index (κ2) is 9.61. The lowest BCUT2D eigenvalue weighted by molar-refractivity contribution is -0.142. The van der Waals surface area contributed by atoms with Crippen LogP contribution >= 0.6 is 22.9 Å². The van der Waals surface area contributed by atoms with Crippen molar-refractivity contribution < 1.29 is 22.7 Å². The average molecular weight is 479 g/mol. The van der Waals surface area contributed by atoms with Crippen molar-refractivity contribution in [2.75, 3.05) is 26.0 Å². The third kappa shape index (κ3) is 5.50. The Morgan fingerprint density at radius 2 is 1.90 bits per heavy atom. The molecule has 0 aliphatic rings. The summed E-state index contributed by atoms with van der Waals surface area (Å²) in [6.07, 6.45) is 2.75. The molecule has 0 aliphatic heterocycles. The molecule has 0 atom stereocenters. The molecule has 0 radical (unpaired) electrons. The zero-order valence-corrected chi connectivity index (χ0v) is 19.1. The standard InChI is InChI=1S/C21H19ClN2O5S2/c1-24(2)31(27,28)15-7-5-6-14(12-15)23-19(25)13-29-20(26)11-10-18-21(22)16-8-3-4-9-17(16)30-18/h3-12H,13H2,1-2H3,(H,23,25)/b11-10+. The van der Waals surface area contributed by atoms with Gasteiger partial charge >= 0.3 is 5.97 Å². The first-order chi connectivity index (χ1) is 14.7. The summed E-state index contributed by atoms with van der Waals surface area (Å²) in [7, 11) is -0.798. The molecule has 2 aromatic carbocycles. The molecule has 31 heavy (non-hydrogen) atoms. The Morgan fingerprint density at radius 3 is 2.61 bits per heavy atom. The number of halogens is 1. The Kier molecular flexibility index (Phi) is 7.11. The van der Waals surface area contributed by atoms with Gasteiger partial charge in [0.05, 0.1) is 9.92 Å². The number of rotatable bonds is 7. The number of nitrogens with zero attached hydrogens (tertiary/aromatic N) is 1. The molecule has 0 saturated carbocycles. The quantitative estimate of drug-likeness (QED) is 0.409. The highest BCUT2D eigenvalue weighted by Crippen LogP contribution is 2.35. The topological polar surface area (TPSA) is 92.8 Å². The van der Waals surface area contributed by atoms with Gasteiger partial charge in [0.25, 0.3) is 5.91 Å². The number of thiophene rings is 1. The summed E-state index contributed by atoms with van der Waals surface area (Å²) in [5, 5.41) is 3.96. The van der Waals surface area contributed by atoms with Gasteiger partial charge in [-0.3, -0.25) is 4.79 Å². The van der Waals surface area contributed by atoms with E-state index in [4.69, 9.17) is 16.3 Å². The summed E-state index contributed by atoms with van der Waals surface area (Å²) < 4.78 is 31.4. The maximum Gasteiger partial charge on any atom is 0.331 e. The highest BCUT2D eigenvalue weighted by Gasteiger charge is 2.17. The van der Waals surface area contributed by atoms with E-state index in [2.05, 4.69) is 5.32 Å². The molecule has 0 spiro atoms. The van der Waals surface area contributed by atoms with Crippen LogP contribution in [0.5, 0.6) is 0 Å². The summed E-state index contributed by atoms with van der Waals surface area (Å²) in [6, 6.07) is 13.4.